The highest BCUT2D eigenvalue weighted by Crippen LogP contribution is 2.34. The number of amides is 1. The Morgan fingerprint density at radius 2 is 1.96 bits per heavy atom. The second-order valence-corrected chi connectivity index (χ2v) is 5.54. The highest BCUT2D eigenvalue weighted by Gasteiger charge is 2.16. The summed E-state index contributed by atoms with van der Waals surface area (Å²) in [5.41, 5.74) is 5.73. The van der Waals surface area contributed by atoms with Crippen LogP contribution in [0.1, 0.15) is 12.5 Å². The van der Waals surface area contributed by atoms with E-state index in [1.807, 2.05) is 37.3 Å². The van der Waals surface area contributed by atoms with E-state index in [0.29, 0.717) is 10.8 Å². The molecule has 0 spiro atoms. The molecular formula is C16H14ClN5O2. The zero-order chi connectivity index (χ0) is 17.1. The summed E-state index contributed by atoms with van der Waals surface area (Å²) < 4.78 is 1.56. The molecule has 0 fully saturated rings. The fourth-order valence-corrected chi connectivity index (χ4v) is 2.47. The number of tetrazole rings is 1. The third-order valence-electron chi connectivity index (χ3n) is 3.42. The molecule has 1 heterocycles. The van der Waals surface area contributed by atoms with E-state index in [1.54, 1.807) is 10.7 Å². The van der Waals surface area contributed by atoms with Gasteiger partial charge in [0, 0.05) is 23.1 Å². The molecule has 0 unspecified atom stereocenters. The molecule has 8 heteroatoms. The molecule has 1 amide bonds. The number of halogens is 1. The lowest BCUT2D eigenvalue weighted by atomic mass is 10.00. The third kappa shape index (κ3) is 3.21. The average molecular weight is 344 g/mol. The molecule has 0 aliphatic carbocycles. The molecule has 3 aromatic rings. The normalized spacial score (nSPS) is 10.5. The molecule has 1 aromatic heterocycles. The lowest BCUT2D eigenvalue weighted by Gasteiger charge is -2.16. The highest BCUT2D eigenvalue weighted by molar-refractivity contribution is 6.30. The highest BCUT2D eigenvalue weighted by atomic mass is 35.5. The number of hydrogen-bond donors (Lipinski definition) is 1. The van der Waals surface area contributed by atoms with Crippen LogP contribution in [0.3, 0.4) is 0 Å². The summed E-state index contributed by atoms with van der Waals surface area (Å²) in [4.78, 5) is 16.4. The van der Waals surface area contributed by atoms with E-state index >= 15 is 0 Å². The number of rotatable bonds is 4. The van der Waals surface area contributed by atoms with Gasteiger partial charge in [-0.3, -0.25) is 4.79 Å². The van der Waals surface area contributed by atoms with Crippen molar-refractivity contribution in [2.24, 2.45) is 0 Å². The van der Waals surface area contributed by atoms with Gasteiger partial charge in [-0.15, -0.1) is 5.10 Å². The zero-order valence-electron chi connectivity index (χ0n) is 13.0. The van der Waals surface area contributed by atoms with Gasteiger partial charge in [-0.05, 0) is 47.2 Å². The van der Waals surface area contributed by atoms with Crippen LogP contribution in [-0.4, -0.2) is 26.1 Å². The molecule has 0 saturated carbocycles. The van der Waals surface area contributed by atoms with Gasteiger partial charge in [0.1, 0.15) is 6.33 Å². The molecule has 0 bridgehead atoms. The lowest BCUT2D eigenvalue weighted by Crippen LogP contribution is -2.24. The summed E-state index contributed by atoms with van der Waals surface area (Å²) >= 11 is 5.97. The van der Waals surface area contributed by atoms with E-state index in [2.05, 4.69) is 21.0 Å². The molecule has 7 nitrogen and oxygen atoms in total. The van der Waals surface area contributed by atoms with E-state index in [0.717, 1.165) is 22.4 Å². The summed E-state index contributed by atoms with van der Waals surface area (Å²) in [7, 11) is 0. The van der Waals surface area contributed by atoms with Gasteiger partial charge in [0.15, 0.2) is 5.75 Å². The smallest absolute Gasteiger partial charge is 0.249 e. The molecule has 0 saturated heterocycles. The quantitative estimate of drug-likeness (QED) is 0.736. The summed E-state index contributed by atoms with van der Waals surface area (Å²) in [6.45, 7) is 3.24. The van der Waals surface area contributed by atoms with Crippen LogP contribution < -0.4 is 10.3 Å². The van der Waals surface area contributed by atoms with Gasteiger partial charge in [-0.2, -0.15) is 10.2 Å². The van der Waals surface area contributed by atoms with Crippen molar-refractivity contribution < 1.29 is 9.63 Å². The van der Waals surface area contributed by atoms with Crippen LogP contribution in [0.2, 0.25) is 5.02 Å². The SMILES string of the molecule is CC(=O)NOc1ccc(-c2ccc(Cl)cc2)c(-n2cnnn2)c1C. The van der Waals surface area contributed by atoms with Crippen LogP contribution >= 0.6 is 11.6 Å². The van der Waals surface area contributed by atoms with Gasteiger partial charge in [-0.25, -0.2) is 0 Å². The Balaban J connectivity index is 2.13. The van der Waals surface area contributed by atoms with Crippen molar-refractivity contribution in [3.8, 4) is 22.6 Å². The van der Waals surface area contributed by atoms with E-state index in [4.69, 9.17) is 16.4 Å². The van der Waals surface area contributed by atoms with Crippen LogP contribution in [-0.2, 0) is 4.79 Å². The summed E-state index contributed by atoms with van der Waals surface area (Å²) in [6.07, 6.45) is 1.50. The maximum absolute atomic E-state index is 11.1. The fourth-order valence-electron chi connectivity index (χ4n) is 2.34. The van der Waals surface area contributed by atoms with Crippen LogP contribution in [0.15, 0.2) is 42.7 Å². The first-order valence-corrected chi connectivity index (χ1v) is 7.50. The van der Waals surface area contributed by atoms with Crippen LogP contribution in [0.5, 0.6) is 5.75 Å². The number of nitrogens with one attached hydrogen (secondary N) is 1. The van der Waals surface area contributed by atoms with Crippen molar-refractivity contribution in [3.63, 3.8) is 0 Å². The van der Waals surface area contributed by atoms with Crippen LogP contribution in [0.4, 0.5) is 0 Å². The number of aromatic nitrogens is 4. The minimum atomic E-state index is -0.292. The Morgan fingerprint density at radius 3 is 2.58 bits per heavy atom. The number of carbonyl (C=O) groups excluding carboxylic acids is 1. The van der Waals surface area contributed by atoms with Crippen molar-refractivity contribution in [3.05, 3.63) is 53.3 Å². The van der Waals surface area contributed by atoms with Gasteiger partial charge < -0.3 is 4.84 Å². The summed E-state index contributed by atoms with van der Waals surface area (Å²) in [6, 6.07) is 11.1. The second-order valence-electron chi connectivity index (χ2n) is 5.11. The fraction of sp³-hybridized carbons (Fsp3) is 0.125. The molecule has 0 aliphatic rings. The first-order valence-electron chi connectivity index (χ1n) is 7.12. The van der Waals surface area contributed by atoms with Crippen molar-refractivity contribution >= 4 is 17.5 Å². The first kappa shape index (κ1) is 15.9. The molecule has 0 radical (unpaired) electrons. The topological polar surface area (TPSA) is 81.9 Å². The third-order valence-corrected chi connectivity index (χ3v) is 3.67. The van der Waals surface area contributed by atoms with E-state index in [-0.39, 0.29) is 5.91 Å². The van der Waals surface area contributed by atoms with Gasteiger partial charge >= 0.3 is 0 Å². The molecule has 24 heavy (non-hydrogen) atoms. The van der Waals surface area contributed by atoms with Crippen molar-refractivity contribution in [2.75, 3.05) is 0 Å². The van der Waals surface area contributed by atoms with Crippen molar-refractivity contribution in [1.82, 2.24) is 25.7 Å². The van der Waals surface area contributed by atoms with E-state index < -0.39 is 0 Å². The minimum absolute atomic E-state index is 0.292. The molecule has 1 N–H and O–H groups in total. The van der Waals surface area contributed by atoms with Gasteiger partial charge in [0.2, 0.25) is 5.91 Å². The number of hydroxylamine groups is 1. The molecule has 122 valence electrons. The molecular weight excluding hydrogens is 330 g/mol. The monoisotopic (exact) mass is 343 g/mol. The standard InChI is InChI=1S/C16H14ClN5O2/c1-10-15(24-19-11(2)23)8-7-14(12-3-5-13(17)6-4-12)16(10)22-9-18-20-21-22/h3-9H,1-2H3,(H,19,23). The predicted molar refractivity (Wildman–Crippen MR) is 88.8 cm³/mol. The minimum Gasteiger partial charge on any atom is -0.379 e. The average Bonchev–Trinajstić information content (AvgIpc) is 3.08. The summed E-state index contributed by atoms with van der Waals surface area (Å²) in [5.74, 6) is 0.216. The van der Waals surface area contributed by atoms with Crippen LogP contribution in [0, 0.1) is 6.92 Å². The van der Waals surface area contributed by atoms with Gasteiger partial charge in [0.05, 0.1) is 5.69 Å². The maximum atomic E-state index is 11.1. The Labute approximate surface area is 143 Å². The van der Waals surface area contributed by atoms with Crippen LogP contribution in [0.25, 0.3) is 16.8 Å². The Bertz CT molecular complexity index is 863. The predicted octanol–water partition coefficient (Wildman–Crippen LogP) is 2.72. The number of nitrogens with zero attached hydrogens (tertiary/aromatic N) is 4. The Hall–Kier alpha value is -2.93. The molecule has 3 rings (SSSR count). The van der Waals surface area contributed by atoms with Gasteiger partial charge in [0.25, 0.3) is 0 Å². The maximum Gasteiger partial charge on any atom is 0.249 e. The second kappa shape index (κ2) is 6.67. The molecule has 0 aliphatic heterocycles. The number of benzene rings is 2. The van der Waals surface area contributed by atoms with Gasteiger partial charge in [-0.1, -0.05) is 23.7 Å². The zero-order valence-corrected chi connectivity index (χ0v) is 13.8. The lowest BCUT2D eigenvalue weighted by molar-refractivity contribution is -0.125. The Kier molecular flexibility index (Phi) is 4.43. The first-order chi connectivity index (χ1) is 11.6. The number of hydrogen-bond acceptors (Lipinski definition) is 5. The molecule has 2 aromatic carbocycles. The van der Waals surface area contributed by atoms with Crippen molar-refractivity contribution in [2.45, 2.75) is 13.8 Å². The number of carbonyl (C=O) groups is 1. The van der Waals surface area contributed by atoms with E-state index in [1.165, 1.54) is 13.3 Å². The van der Waals surface area contributed by atoms with Crippen molar-refractivity contribution in [1.29, 1.82) is 0 Å². The Morgan fingerprint density at radius 1 is 1.21 bits per heavy atom. The molecule has 0 atom stereocenters. The largest absolute Gasteiger partial charge is 0.379 e. The van der Waals surface area contributed by atoms with E-state index in [9.17, 15) is 4.79 Å². The summed E-state index contributed by atoms with van der Waals surface area (Å²) in [5, 5.41) is 12.0.